The van der Waals surface area contributed by atoms with Crippen molar-refractivity contribution in [1.29, 1.82) is 0 Å². The number of hydrogen-bond acceptors (Lipinski definition) is 5. The monoisotopic (exact) mass is 415 g/mol. The third-order valence-electron chi connectivity index (χ3n) is 6.15. The lowest BCUT2D eigenvalue weighted by atomic mass is 10.0. The maximum atomic E-state index is 9.81. The summed E-state index contributed by atoms with van der Waals surface area (Å²) < 4.78 is 5.58. The van der Waals surface area contributed by atoms with Gasteiger partial charge in [0.25, 0.3) is 0 Å². The van der Waals surface area contributed by atoms with E-state index in [1.54, 1.807) is 0 Å². The van der Waals surface area contributed by atoms with Gasteiger partial charge < -0.3 is 20.1 Å². The smallest absolute Gasteiger partial charge is 0.111 e. The molecule has 4 atom stereocenters. The normalized spacial score (nSPS) is 24.8. The number of hydrogen-bond donors (Lipinski definition) is 4. The van der Waals surface area contributed by atoms with Gasteiger partial charge in [-0.15, -0.1) is 0 Å². The molecule has 0 amide bonds. The van der Waals surface area contributed by atoms with Crippen molar-refractivity contribution in [2.24, 2.45) is 0 Å². The molecule has 29 heavy (non-hydrogen) atoms. The van der Waals surface area contributed by atoms with Gasteiger partial charge in [0.05, 0.1) is 12.7 Å². The first-order valence-corrected chi connectivity index (χ1v) is 12.5. The number of unbranched alkanes of at least 4 members (excludes halogenated alkanes) is 15. The summed E-state index contributed by atoms with van der Waals surface area (Å²) >= 11 is 0. The molecular formula is C24H49NO4. The number of rotatable bonds is 19. The zero-order valence-electron chi connectivity index (χ0n) is 19.0. The Morgan fingerprint density at radius 3 is 1.62 bits per heavy atom. The van der Waals surface area contributed by atoms with E-state index in [9.17, 15) is 15.3 Å². The second-order valence-corrected chi connectivity index (χ2v) is 8.90. The van der Waals surface area contributed by atoms with Gasteiger partial charge in [-0.2, -0.15) is 0 Å². The Hall–Kier alpha value is -0.200. The molecule has 0 aromatic heterocycles. The van der Waals surface area contributed by atoms with Crippen molar-refractivity contribution in [3.63, 3.8) is 0 Å². The quantitative estimate of drug-likeness (QED) is 0.231. The molecule has 0 bridgehead atoms. The van der Waals surface area contributed by atoms with Crippen LogP contribution in [0.15, 0.2) is 0 Å². The summed E-state index contributed by atoms with van der Waals surface area (Å²) in [6.45, 7) is 2.86. The minimum Gasteiger partial charge on any atom is -0.394 e. The van der Waals surface area contributed by atoms with Crippen molar-refractivity contribution in [2.75, 3.05) is 13.2 Å². The van der Waals surface area contributed by atoms with E-state index in [1.807, 2.05) is 0 Å². The first kappa shape index (κ1) is 26.8. The summed E-state index contributed by atoms with van der Waals surface area (Å²) in [7, 11) is 0. The van der Waals surface area contributed by atoms with E-state index in [1.165, 1.54) is 96.3 Å². The molecule has 1 heterocycles. The fourth-order valence-electron chi connectivity index (χ4n) is 4.17. The number of aliphatic hydroxyl groups excluding tert-OH is 3. The molecule has 1 aliphatic heterocycles. The molecule has 0 aromatic rings. The van der Waals surface area contributed by atoms with Gasteiger partial charge in [-0.3, -0.25) is 5.32 Å². The Kier molecular flexibility index (Phi) is 17.2. The van der Waals surface area contributed by atoms with Crippen LogP contribution in [-0.2, 0) is 4.74 Å². The zero-order chi connectivity index (χ0) is 21.2. The first-order valence-electron chi connectivity index (χ1n) is 12.5. The van der Waals surface area contributed by atoms with E-state index in [0.717, 1.165) is 13.0 Å². The van der Waals surface area contributed by atoms with E-state index in [4.69, 9.17) is 4.74 Å². The molecule has 1 rings (SSSR count). The van der Waals surface area contributed by atoms with Crippen LogP contribution in [0.1, 0.15) is 116 Å². The summed E-state index contributed by atoms with van der Waals surface area (Å²) in [5, 5.41) is 32.0. The van der Waals surface area contributed by atoms with Crippen LogP contribution >= 0.6 is 0 Å². The third kappa shape index (κ3) is 13.7. The summed E-state index contributed by atoms with van der Waals surface area (Å²) in [6, 6.07) is 0. The van der Waals surface area contributed by atoms with Gasteiger partial charge in [-0.1, -0.05) is 103 Å². The number of nitrogens with one attached hydrogen (secondary N) is 1. The van der Waals surface area contributed by atoms with Crippen molar-refractivity contribution in [2.45, 2.75) is 141 Å². The lowest BCUT2D eigenvalue weighted by molar-refractivity contribution is -0.186. The second kappa shape index (κ2) is 18.6. The van der Waals surface area contributed by atoms with E-state index in [-0.39, 0.29) is 12.8 Å². The minimum absolute atomic E-state index is 0.268. The Balaban J connectivity index is 1.79. The van der Waals surface area contributed by atoms with Crippen LogP contribution in [0.5, 0.6) is 0 Å². The van der Waals surface area contributed by atoms with Gasteiger partial charge in [0.15, 0.2) is 0 Å². The highest BCUT2D eigenvalue weighted by Gasteiger charge is 2.35. The standard InChI is InChI=1S/C24H49NO4/c1-2-3-4-5-6-7-8-9-10-11-12-13-14-15-16-17-18-25-23-19-21(27)24(28)22(20-26)29-23/h21-28H,2-20H2,1H3/t21-,22-,23?,24+/m1/s1. The Bertz CT molecular complexity index is 356. The maximum Gasteiger partial charge on any atom is 0.111 e. The molecule has 1 saturated heterocycles. The maximum absolute atomic E-state index is 9.81. The van der Waals surface area contributed by atoms with E-state index in [0.29, 0.717) is 6.42 Å². The fraction of sp³-hybridized carbons (Fsp3) is 1.00. The van der Waals surface area contributed by atoms with Crippen LogP contribution in [0, 0.1) is 0 Å². The molecular weight excluding hydrogens is 366 g/mol. The number of ether oxygens (including phenoxy) is 1. The third-order valence-corrected chi connectivity index (χ3v) is 6.15. The Labute approximate surface area is 179 Å². The summed E-state index contributed by atoms with van der Waals surface area (Å²) in [4.78, 5) is 0. The SMILES string of the molecule is CCCCCCCCCCCCCCCCCCNC1C[C@@H](O)[C@H](O)[C@@H](CO)O1. The van der Waals surface area contributed by atoms with Crippen LogP contribution in [0.3, 0.4) is 0 Å². The van der Waals surface area contributed by atoms with Crippen LogP contribution < -0.4 is 5.32 Å². The molecule has 174 valence electrons. The lowest BCUT2D eigenvalue weighted by Crippen LogP contribution is -2.53. The van der Waals surface area contributed by atoms with Crippen LogP contribution in [0.25, 0.3) is 0 Å². The van der Waals surface area contributed by atoms with Gasteiger partial charge in [-0.05, 0) is 13.0 Å². The van der Waals surface area contributed by atoms with Crippen LogP contribution in [-0.4, -0.2) is 53.0 Å². The first-order chi connectivity index (χ1) is 14.2. The second-order valence-electron chi connectivity index (χ2n) is 8.90. The lowest BCUT2D eigenvalue weighted by Gasteiger charge is -2.36. The topological polar surface area (TPSA) is 82.0 Å². The Morgan fingerprint density at radius 2 is 1.17 bits per heavy atom. The molecule has 0 saturated carbocycles. The molecule has 1 aliphatic rings. The minimum atomic E-state index is -0.992. The van der Waals surface area contributed by atoms with Crippen LogP contribution in [0.2, 0.25) is 0 Å². The largest absolute Gasteiger partial charge is 0.394 e. The summed E-state index contributed by atoms with van der Waals surface area (Å²) in [6.07, 6.45) is 19.4. The predicted molar refractivity (Wildman–Crippen MR) is 120 cm³/mol. The zero-order valence-corrected chi connectivity index (χ0v) is 19.0. The molecule has 4 N–H and O–H groups in total. The van der Waals surface area contributed by atoms with Crippen molar-refractivity contribution >= 4 is 0 Å². The molecule has 5 heteroatoms. The highest BCUT2D eigenvalue weighted by atomic mass is 16.5. The van der Waals surface area contributed by atoms with Gasteiger partial charge >= 0.3 is 0 Å². The predicted octanol–water partition coefficient (Wildman–Crippen LogP) is 4.67. The van der Waals surface area contributed by atoms with E-state index < -0.39 is 18.3 Å². The molecule has 5 nitrogen and oxygen atoms in total. The van der Waals surface area contributed by atoms with Gasteiger partial charge in [-0.25, -0.2) is 0 Å². The summed E-state index contributed by atoms with van der Waals surface area (Å²) in [5.41, 5.74) is 0. The molecule has 1 fully saturated rings. The highest BCUT2D eigenvalue weighted by molar-refractivity contribution is 4.84. The summed E-state index contributed by atoms with van der Waals surface area (Å²) in [5.74, 6) is 0. The van der Waals surface area contributed by atoms with Crippen molar-refractivity contribution in [3.8, 4) is 0 Å². The molecule has 0 aliphatic carbocycles. The van der Waals surface area contributed by atoms with Crippen molar-refractivity contribution in [3.05, 3.63) is 0 Å². The van der Waals surface area contributed by atoms with Gasteiger partial charge in [0.1, 0.15) is 18.4 Å². The van der Waals surface area contributed by atoms with Crippen LogP contribution in [0.4, 0.5) is 0 Å². The van der Waals surface area contributed by atoms with Crippen molar-refractivity contribution in [1.82, 2.24) is 5.32 Å². The van der Waals surface area contributed by atoms with Gasteiger partial charge in [0.2, 0.25) is 0 Å². The molecule has 1 unspecified atom stereocenters. The van der Waals surface area contributed by atoms with Crippen molar-refractivity contribution < 1.29 is 20.1 Å². The Morgan fingerprint density at radius 1 is 0.724 bits per heavy atom. The molecule has 0 aromatic carbocycles. The van der Waals surface area contributed by atoms with E-state index >= 15 is 0 Å². The fourth-order valence-corrected chi connectivity index (χ4v) is 4.17. The molecule has 0 spiro atoms. The highest BCUT2D eigenvalue weighted by Crippen LogP contribution is 2.19. The van der Waals surface area contributed by atoms with E-state index in [2.05, 4.69) is 12.2 Å². The average molecular weight is 416 g/mol. The molecule has 0 radical (unpaired) electrons. The van der Waals surface area contributed by atoms with Gasteiger partial charge in [0, 0.05) is 6.42 Å². The average Bonchev–Trinajstić information content (AvgIpc) is 2.72. The number of aliphatic hydroxyl groups is 3.